The number of likely N-dealkylation sites (tertiary alicyclic amines) is 1. The largest absolute Gasteiger partial charge is 0.480 e. The van der Waals surface area contributed by atoms with E-state index in [1.165, 1.54) is 6.92 Å². The van der Waals surface area contributed by atoms with Gasteiger partial charge in [0.2, 0.25) is 11.8 Å². The maximum Gasteiger partial charge on any atom is 0.326 e. The highest BCUT2D eigenvalue weighted by molar-refractivity contribution is 5.91. The molecule has 0 spiro atoms. The molecule has 1 rings (SSSR count). The van der Waals surface area contributed by atoms with Crippen molar-refractivity contribution in [2.24, 2.45) is 5.73 Å². The molecule has 0 aromatic rings. The quantitative estimate of drug-likeness (QED) is 0.445. The lowest BCUT2D eigenvalue weighted by Crippen LogP contribution is -2.51. The summed E-state index contributed by atoms with van der Waals surface area (Å²) >= 11 is 0. The molecule has 1 saturated heterocycles. The van der Waals surface area contributed by atoms with Crippen LogP contribution < -0.4 is 11.1 Å². The number of rotatable bonds is 4. The van der Waals surface area contributed by atoms with E-state index in [0.717, 1.165) is 4.90 Å². The van der Waals surface area contributed by atoms with Gasteiger partial charge in [-0.1, -0.05) is 0 Å². The number of amides is 2. The molecule has 2 atom stereocenters. The first-order valence-corrected chi connectivity index (χ1v) is 5.46. The van der Waals surface area contributed by atoms with E-state index in [4.69, 9.17) is 15.9 Å². The van der Waals surface area contributed by atoms with Crippen molar-refractivity contribution in [1.29, 1.82) is 0 Å². The topological polar surface area (TPSA) is 150 Å². The Morgan fingerprint density at radius 1 is 1.37 bits per heavy atom. The number of carbonyl (C=O) groups excluding carboxylic acids is 2. The van der Waals surface area contributed by atoms with E-state index >= 15 is 0 Å². The van der Waals surface area contributed by atoms with Crippen LogP contribution in [0, 0.1) is 0 Å². The lowest BCUT2D eigenvalue weighted by molar-refractivity contribution is -0.148. The fraction of sp³-hybridized carbons (Fsp3) is 0.600. The van der Waals surface area contributed by atoms with Crippen molar-refractivity contribution in [3.8, 4) is 0 Å². The molecule has 9 nitrogen and oxygen atoms in total. The Bertz CT molecular complexity index is 437. The minimum absolute atomic E-state index is 0.372. The van der Waals surface area contributed by atoms with Gasteiger partial charge in [0.25, 0.3) is 0 Å². The summed E-state index contributed by atoms with van der Waals surface area (Å²) in [4.78, 5) is 45.4. The molecule has 5 N–H and O–H groups in total. The highest BCUT2D eigenvalue weighted by Crippen LogP contribution is 2.25. The number of nitrogens with two attached hydrogens (primary N) is 1. The number of carbonyl (C=O) groups is 4. The number of hydrogen-bond donors (Lipinski definition) is 4. The lowest BCUT2D eigenvalue weighted by atomic mass is 9.98. The third kappa shape index (κ3) is 3.19. The molecule has 0 radical (unpaired) electrons. The molecule has 0 aromatic heterocycles. The molecule has 106 valence electrons. The molecule has 9 heteroatoms. The van der Waals surface area contributed by atoms with Crippen molar-refractivity contribution >= 4 is 23.8 Å². The number of nitrogens with one attached hydrogen (secondary N) is 1. The van der Waals surface area contributed by atoms with Crippen LogP contribution in [0.5, 0.6) is 0 Å². The lowest BCUT2D eigenvalue weighted by Gasteiger charge is -2.22. The predicted molar refractivity (Wildman–Crippen MR) is 61.0 cm³/mol. The highest BCUT2D eigenvalue weighted by atomic mass is 16.4. The summed E-state index contributed by atoms with van der Waals surface area (Å²) in [6, 6.07) is -1.30. The standard InChI is InChI=1S/C10H15N3O6/c1-5(14)12-3-7(15)13-4-10(11,9(18)19)2-6(13)8(16)17/h6H,2-4,11H2,1H3,(H,12,14)(H,16,17)(H,18,19)/t6-,10-/m1/s1. The van der Waals surface area contributed by atoms with Crippen LogP contribution in [0.1, 0.15) is 13.3 Å². The van der Waals surface area contributed by atoms with Crippen LogP contribution >= 0.6 is 0 Å². The first kappa shape index (κ1) is 14.9. The zero-order valence-corrected chi connectivity index (χ0v) is 10.3. The van der Waals surface area contributed by atoms with Crippen molar-refractivity contribution in [2.45, 2.75) is 24.9 Å². The fourth-order valence-electron chi connectivity index (χ4n) is 1.87. The normalized spacial score (nSPS) is 26.0. The third-order valence-electron chi connectivity index (χ3n) is 2.91. The summed E-state index contributed by atoms with van der Waals surface area (Å²) in [5.74, 6) is -3.83. The Morgan fingerprint density at radius 3 is 2.37 bits per heavy atom. The Labute approximate surface area is 108 Å². The van der Waals surface area contributed by atoms with E-state index < -0.39 is 48.4 Å². The number of carboxylic acids is 2. The van der Waals surface area contributed by atoms with Gasteiger partial charge in [-0.25, -0.2) is 4.79 Å². The van der Waals surface area contributed by atoms with Gasteiger partial charge in [-0.2, -0.15) is 0 Å². The second kappa shape index (κ2) is 5.22. The van der Waals surface area contributed by atoms with Crippen molar-refractivity contribution in [1.82, 2.24) is 10.2 Å². The van der Waals surface area contributed by atoms with Gasteiger partial charge in [-0.05, 0) is 0 Å². The Balaban J connectivity index is 2.85. The third-order valence-corrected chi connectivity index (χ3v) is 2.91. The first-order chi connectivity index (χ1) is 8.67. The molecule has 1 aliphatic rings. The van der Waals surface area contributed by atoms with Gasteiger partial charge in [0.15, 0.2) is 0 Å². The highest BCUT2D eigenvalue weighted by Gasteiger charge is 2.51. The summed E-state index contributed by atoms with van der Waals surface area (Å²) in [5.41, 5.74) is 3.79. The van der Waals surface area contributed by atoms with Crippen molar-refractivity contribution in [3.05, 3.63) is 0 Å². The zero-order chi connectivity index (χ0) is 14.8. The van der Waals surface area contributed by atoms with Crippen LogP contribution in [0.4, 0.5) is 0 Å². The molecule has 19 heavy (non-hydrogen) atoms. The molecular weight excluding hydrogens is 258 g/mol. The van der Waals surface area contributed by atoms with Crippen molar-refractivity contribution < 1.29 is 29.4 Å². The molecule has 1 heterocycles. The van der Waals surface area contributed by atoms with Crippen molar-refractivity contribution in [2.75, 3.05) is 13.1 Å². The summed E-state index contributed by atoms with van der Waals surface area (Å²) < 4.78 is 0. The number of hydrogen-bond acceptors (Lipinski definition) is 5. The molecule has 0 saturated carbocycles. The molecule has 0 bridgehead atoms. The summed E-state index contributed by atoms with van der Waals surface area (Å²) in [6.45, 7) is 0.406. The van der Waals surface area contributed by atoms with Crippen LogP contribution in [0.3, 0.4) is 0 Å². The van der Waals surface area contributed by atoms with Gasteiger partial charge in [0.05, 0.1) is 13.1 Å². The maximum absolute atomic E-state index is 11.8. The fourth-order valence-corrected chi connectivity index (χ4v) is 1.87. The second-order valence-electron chi connectivity index (χ2n) is 4.45. The summed E-state index contributed by atoms with van der Waals surface area (Å²) in [5, 5.41) is 20.2. The number of nitrogens with zero attached hydrogens (tertiary/aromatic N) is 1. The smallest absolute Gasteiger partial charge is 0.326 e. The molecule has 2 amide bonds. The van der Waals surface area contributed by atoms with Crippen LogP contribution in [0.15, 0.2) is 0 Å². The van der Waals surface area contributed by atoms with Gasteiger partial charge >= 0.3 is 11.9 Å². The van der Waals surface area contributed by atoms with Gasteiger partial charge < -0.3 is 26.2 Å². The molecule has 1 aliphatic heterocycles. The van der Waals surface area contributed by atoms with E-state index in [1.54, 1.807) is 0 Å². The van der Waals surface area contributed by atoms with E-state index in [1.807, 2.05) is 0 Å². The minimum Gasteiger partial charge on any atom is -0.480 e. The maximum atomic E-state index is 11.8. The van der Waals surface area contributed by atoms with E-state index in [9.17, 15) is 19.2 Å². The van der Waals surface area contributed by atoms with Crippen LogP contribution in [-0.2, 0) is 19.2 Å². The van der Waals surface area contributed by atoms with E-state index in [0.29, 0.717) is 0 Å². The Kier molecular flexibility index (Phi) is 4.10. The average Bonchev–Trinajstić information content (AvgIpc) is 2.66. The molecule has 1 fully saturated rings. The summed E-state index contributed by atoms with van der Waals surface area (Å²) in [7, 11) is 0. The molecular formula is C10H15N3O6. The minimum atomic E-state index is -1.78. The number of carboxylic acid groups (broad SMARTS) is 2. The molecule has 0 aliphatic carbocycles. The predicted octanol–water partition coefficient (Wildman–Crippen LogP) is -2.41. The zero-order valence-electron chi connectivity index (χ0n) is 10.3. The van der Waals surface area contributed by atoms with Gasteiger partial charge in [0, 0.05) is 13.3 Å². The Morgan fingerprint density at radius 2 is 1.95 bits per heavy atom. The van der Waals surface area contributed by atoms with Gasteiger partial charge in [0.1, 0.15) is 11.6 Å². The molecule has 0 aromatic carbocycles. The SMILES string of the molecule is CC(=O)NCC(=O)N1C[C@@](N)(C(=O)O)C[C@@H]1C(=O)O. The second-order valence-corrected chi connectivity index (χ2v) is 4.45. The van der Waals surface area contributed by atoms with Crippen molar-refractivity contribution in [3.63, 3.8) is 0 Å². The van der Waals surface area contributed by atoms with E-state index in [-0.39, 0.29) is 6.42 Å². The molecule has 0 unspecified atom stereocenters. The summed E-state index contributed by atoms with van der Waals surface area (Å²) in [6.07, 6.45) is -0.372. The van der Waals surface area contributed by atoms with Gasteiger partial charge in [-0.3, -0.25) is 14.4 Å². The van der Waals surface area contributed by atoms with Crippen LogP contribution in [0.25, 0.3) is 0 Å². The first-order valence-electron chi connectivity index (χ1n) is 5.46. The van der Waals surface area contributed by atoms with Gasteiger partial charge in [-0.15, -0.1) is 0 Å². The monoisotopic (exact) mass is 273 g/mol. The van der Waals surface area contributed by atoms with Crippen LogP contribution in [-0.4, -0.2) is 63.5 Å². The Hall–Kier alpha value is -2.16. The number of aliphatic carboxylic acids is 2. The van der Waals surface area contributed by atoms with Crippen LogP contribution in [0.2, 0.25) is 0 Å². The van der Waals surface area contributed by atoms with E-state index in [2.05, 4.69) is 5.32 Å². The average molecular weight is 273 g/mol.